The third kappa shape index (κ3) is 2.67. The molecule has 0 radical (unpaired) electrons. The quantitative estimate of drug-likeness (QED) is 0.841. The van der Waals surface area contributed by atoms with Crippen molar-refractivity contribution in [2.45, 2.75) is 39.0 Å². The number of aliphatic carboxylic acids is 1. The molecule has 1 saturated carbocycles. The smallest absolute Gasteiger partial charge is 0.307 e. The summed E-state index contributed by atoms with van der Waals surface area (Å²) in [5.74, 6) is -0.451. The molecular formula is C17H19ClO3. The molecule has 3 rings (SSSR count). The van der Waals surface area contributed by atoms with Gasteiger partial charge in [0.05, 0.1) is 10.9 Å². The first-order valence-corrected chi connectivity index (χ1v) is 7.66. The Morgan fingerprint density at radius 1 is 1.43 bits per heavy atom. The maximum atomic E-state index is 11.6. The van der Waals surface area contributed by atoms with Crippen molar-refractivity contribution in [2.24, 2.45) is 11.3 Å². The summed E-state index contributed by atoms with van der Waals surface area (Å²) in [7, 11) is 0. The van der Waals surface area contributed by atoms with E-state index in [4.69, 9.17) is 16.0 Å². The number of benzene rings is 1. The molecule has 2 aromatic rings. The van der Waals surface area contributed by atoms with E-state index in [-0.39, 0.29) is 17.3 Å². The lowest BCUT2D eigenvalue weighted by Gasteiger charge is -2.38. The summed E-state index contributed by atoms with van der Waals surface area (Å²) in [5.41, 5.74) is 0.793. The van der Waals surface area contributed by atoms with E-state index in [9.17, 15) is 9.90 Å². The van der Waals surface area contributed by atoms with Gasteiger partial charge in [0.15, 0.2) is 5.58 Å². The molecule has 4 heteroatoms. The normalized spacial score (nSPS) is 25.1. The van der Waals surface area contributed by atoms with E-state index in [1.165, 1.54) is 0 Å². The number of carboxylic acid groups (broad SMARTS) is 1. The Bertz CT molecular complexity index is 686. The van der Waals surface area contributed by atoms with Crippen molar-refractivity contribution < 1.29 is 14.3 Å². The predicted molar refractivity (Wildman–Crippen MR) is 82.7 cm³/mol. The SMILES string of the molecule is CC1(C)CCC(C(=O)O)C(c2cc3cccc(Cl)c3o2)C1. The largest absolute Gasteiger partial charge is 0.481 e. The van der Waals surface area contributed by atoms with Gasteiger partial charge in [0, 0.05) is 11.3 Å². The molecule has 0 saturated heterocycles. The Morgan fingerprint density at radius 2 is 2.19 bits per heavy atom. The van der Waals surface area contributed by atoms with Crippen LogP contribution in [0.4, 0.5) is 0 Å². The van der Waals surface area contributed by atoms with Gasteiger partial charge in [-0.3, -0.25) is 4.79 Å². The number of rotatable bonds is 2. The van der Waals surface area contributed by atoms with Crippen LogP contribution >= 0.6 is 11.6 Å². The number of halogens is 1. The van der Waals surface area contributed by atoms with Crippen LogP contribution in [0.15, 0.2) is 28.7 Å². The number of hydrogen-bond acceptors (Lipinski definition) is 2. The van der Waals surface area contributed by atoms with E-state index < -0.39 is 5.97 Å². The Morgan fingerprint density at radius 3 is 2.86 bits per heavy atom. The maximum Gasteiger partial charge on any atom is 0.307 e. The summed E-state index contributed by atoms with van der Waals surface area (Å²) in [6, 6.07) is 7.56. The minimum absolute atomic E-state index is 0.0882. The van der Waals surface area contributed by atoms with Gasteiger partial charge in [-0.15, -0.1) is 0 Å². The van der Waals surface area contributed by atoms with Crippen molar-refractivity contribution in [1.29, 1.82) is 0 Å². The van der Waals surface area contributed by atoms with Gasteiger partial charge in [-0.25, -0.2) is 0 Å². The summed E-state index contributed by atoms with van der Waals surface area (Å²) < 4.78 is 5.92. The second kappa shape index (κ2) is 5.06. The second-order valence-corrected chi connectivity index (χ2v) is 7.17. The van der Waals surface area contributed by atoms with E-state index in [0.717, 1.165) is 24.0 Å². The molecule has 21 heavy (non-hydrogen) atoms. The molecule has 0 bridgehead atoms. The Kier molecular flexibility index (Phi) is 3.48. The van der Waals surface area contributed by atoms with Crippen LogP contribution in [0.2, 0.25) is 5.02 Å². The van der Waals surface area contributed by atoms with E-state index in [2.05, 4.69) is 13.8 Å². The van der Waals surface area contributed by atoms with Gasteiger partial charge in [-0.05, 0) is 36.8 Å². The van der Waals surface area contributed by atoms with Crippen molar-refractivity contribution in [2.75, 3.05) is 0 Å². The van der Waals surface area contributed by atoms with Crippen LogP contribution in [0.25, 0.3) is 11.0 Å². The number of fused-ring (bicyclic) bond motifs is 1. The number of furan rings is 1. The number of para-hydroxylation sites is 1. The van der Waals surface area contributed by atoms with E-state index in [1.807, 2.05) is 18.2 Å². The molecule has 1 N–H and O–H groups in total. The monoisotopic (exact) mass is 306 g/mol. The molecule has 1 heterocycles. The molecule has 1 aromatic carbocycles. The first kappa shape index (κ1) is 14.5. The highest BCUT2D eigenvalue weighted by molar-refractivity contribution is 6.34. The fraction of sp³-hybridized carbons (Fsp3) is 0.471. The zero-order valence-corrected chi connectivity index (χ0v) is 13.0. The van der Waals surface area contributed by atoms with Gasteiger partial charge >= 0.3 is 5.97 Å². The third-order valence-electron chi connectivity index (χ3n) is 4.59. The third-order valence-corrected chi connectivity index (χ3v) is 4.89. The highest BCUT2D eigenvalue weighted by Gasteiger charge is 2.41. The van der Waals surface area contributed by atoms with Gasteiger partial charge in [-0.1, -0.05) is 37.6 Å². The lowest BCUT2D eigenvalue weighted by molar-refractivity contribution is -0.144. The van der Waals surface area contributed by atoms with Crippen LogP contribution in [0, 0.1) is 11.3 Å². The molecule has 1 aliphatic carbocycles. The molecule has 0 amide bonds. The Labute approximate surface area is 128 Å². The lowest BCUT2D eigenvalue weighted by atomic mass is 9.66. The second-order valence-electron chi connectivity index (χ2n) is 6.77. The van der Waals surface area contributed by atoms with E-state index in [0.29, 0.717) is 17.0 Å². The van der Waals surface area contributed by atoms with Crippen molar-refractivity contribution in [3.05, 3.63) is 35.0 Å². The average Bonchev–Trinajstić information content (AvgIpc) is 2.82. The zero-order valence-electron chi connectivity index (χ0n) is 12.2. The van der Waals surface area contributed by atoms with Crippen molar-refractivity contribution >= 4 is 28.5 Å². The highest BCUT2D eigenvalue weighted by atomic mass is 35.5. The molecule has 2 unspecified atom stereocenters. The summed E-state index contributed by atoms with van der Waals surface area (Å²) in [5, 5.41) is 11.0. The number of carboxylic acids is 1. The number of carbonyl (C=O) groups is 1. The Hall–Kier alpha value is -1.48. The van der Waals surface area contributed by atoms with Gasteiger partial charge in [0.2, 0.25) is 0 Å². The topological polar surface area (TPSA) is 50.4 Å². The molecular weight excluding hydrogens is 288 g/mol. The molecule has 3 nitrogen and oxygen atoms in total. The zero-order chi connectivity index (χ0) is 15.2. The van der Waals surface area contributed by atoms with Crippen LogP contribution < -0.4 is 0 Å². The Balaban J connectivity index is 2.04. The summed E-state index contributed by atoms with van der Waals surface area (Å²) in [6.07, 6.45) is 2.45. The van der Waals surface area contributed by atoms with Crippen LogP contribution in [-0.4, -0.2) is 11.1 Å². The maximum absolute atomic E-state index is 11.6. The van der Waals surface area contributed by atoms with Crippen LogP contribution in [0.1, 0.15) is 44.8 Å². The fourth-order valence-corrected chi connectivity index (χ4v) is 3.63. The van der Waals surface area contributed by atoms with Crippen LogP contribution in [0.3, 0.4) is 0 Å². The van der Waals surface area contributed by atoms with Crippen molar-refractivity contribution in [3.63, 3.8) is 0 Å². The minimum Gasteiger partial charge on any atom is -0.481 e. The standard InChI is InChI=1S/C17H19ClO3/c1-17(2)7-6-11(16(19)20)12(9-17)14-8-10-4-3-5-13(18)15(10)21-14/h3-5,8,11-12H,6-7,9H2,1-2H3,(H,19,20). The first-order valence-electron chi connectivity index (χ1n) is 7.28. The molecule has 112 valence electrons. The molecule has 1 aromatic heterocycles. The molecule has 1 aliphatic rings. The molecule has 0 aliphatic heterocycles. The lowest BCUT2D eigenvalue weighted by Crippen LogP contribution is -2.32. The summed E-state index contributed by atoms with van der Waals surface area (Å²) in [6.45, 7) is 4.38. The molecule has 1 fully saturated rings. The predicted octanol–water partition coefficient (Wildman–Crippen LogP) is 5.08. The highest BCUT2D eigenvalue weighted by Crippen LogP contribution is 2.48. The molecule has 0 spiro atoms. The summed E-state index contributed by atoms with van der Waals surface area (Å²) >= 11 is 6.15. The minimum atomic E-state index is -0.734. The van der Waals surface area contributed by atoms with E-state index in [1.54, 1.807) is 6.07 Å². The van der Waals surface area contributed by atoms with Gasteiger partial charge in [-0.2, -0.15) is 0 Å². The van der Waals surface area contributed by atoms with Gasteiger partial charge in [0.1, 0.15) is 5.76 Å². The van der Waals surface area contributed by atoms with Gasteiger partial charge in [0.25, 0.3) is 0 Å². The van der Waals surface area contributed by atoms with Crippen LogP contribution in [0.5, 0.6) is 0 Å². The average molecular weight is 307 g/mol. The van der Waals surface area contributed by atoms with E-state index >= 15 is 0 Å². The first-order chi connectivity index (χ1) is 9.87. The molecule has 2 atom stereocenters. The summed E-state index contributed by atoms with van der Waals surface area (Å²) in [4.78, 5) is 11.6. The van der Waals surface area contributed by atoms with Crippen molar-refractivity contribution in [3.8, 4) is 0 Å². The van der Waals surface area contributed by atoms with Crippen molar-refractivity contribution in [1.82, 2.24) is 0 Å². The van der Waals surface area contributed by atoms with Gasteiger partial charge < -0.3 is 9.52 Å². The van der Waals surface area contributed by atoms with Crippen LogP contribution in [-0.2, 0) is 4.79 Å². The number of hydrogen-bond donors (Lipinski definition) is 1. The fourth-order valence-electron chi connectivity index (χ4n) is 3.41.